The molecule has 1 saturated heterocycles. The molecule has 0 saturated carbocycles. The highest BCUT2D eigenvalue weighted by molar-refractivity contribution is 6.32. The average molecular weight is 290 g/mol. The first-order chi connectivity index (χ1) is 8.76. The largest absolute Gasteiger partial charge is 0.467 e. The van der Waals surface area contributed by atoms with Crippen molar-refractivity contribution in [3.05, 3.63) is 11.2 Å². The lowest BCUT2D eigenvalue weighted by atomic mass is 10.1. The Kier molecular flexibility index (Phi) is 4.89. The first-order valence-corrected chi connectivity index (χ1v) is 7.06. The van der Waals surface area contributed by atoms with Crippen LogP contribution in [0.5, 0.6) is 6.01 Å². The van der Waals surface area contributed by atoms with E-state index in [0.717, 1.165) is 25.2 Å². The Bertz CT molecular complexity index is 403. The second kappa shape index (κ2) is 6.43. The van der Waals surface area contributed by atoms with Gasteiger partial charge in [0.15, 0.2) is 5.82 Å². The van der Waals surface area contributed by atoms with Crippen LogP contribution in [0, 0.1) is 0 Å². The normalized spacial score (nSPS) is 20.6. The lowest BCUT2D eigenvalue weighted by Gasteiger charge is -2.30. The van der Waals surface area contributed by atoms with Gasteiger partial charge in [0.05, 0.1) is 13.3 Å². The molecule has 0 spiro atoms. The molecule has 1 aromatic rings. The lowest BCUT2D eigenvalue weighted by Crippen LogP contribution is -2.37. The van der Waals surface area contributed by atoms with Crippen LogP contribution >= 0.6 is 23.2 Å². The molecule has 0 bridgehead atoms. The Labute approximate surface area is 117 Å². The smallest absolute Gasteiger partial charge is 0.318 e. The summed E-state index contributed by atoms with van der Waals surface area (Å²) in [6.07, 6.45) is 6.22. The maximum absolute atomic E-state index is 6.20. The molecule has 1 unspecified atom stereocenters. The van der Waals surface area contributed by atoms with Crippen molar-refractivity contribution in [2.45, 2.75) is 31.7 Å². The minimum atomic E-state index is 0.284. The van der Waals surface area contributed by atoms with Gasteiger partial charge in [-0.15, -0.1) is 11.6 Å². The number of hydrogen-bond donors (Lipinski definition) is 0. The Morgan fingerprint density at radius 1 is 1.44 bits per heavy atom. The third-order valence-electron chi connectivity index (χ3n) is 3.21. The Hall–Kier alpha value is -0.740. The van der Waals surface area contributed by atoms with Gasteiger partial charge in [-0.3, -0.25) is 0 Å². The van der Waals surface area contributed by atoms with Crippen LogP contribution in [0.4, 0.5) is 5.82 Å². The Balaban J connectivity index is 2.31. The monoisotopic (exact) mass is 289 g/mol. The first kappa shape index (κ1) is 13.7. The molecule has 2 rings (SSSR count). The summed E-state index contributed by atoms with van der Waals surface area (Å²) in [5, 5.41) is 0.549. The SMILES string of the molecule is COc1ncc(Cl)c(N2CCCCCC2CCl)n1. The first-order valence-electron chi connectivity index (χ1n) is 6.15. The number of ether oxygens (including phenoxy) is 1. The van der Waals surface area contributed by atoms with Crippen molar-refractivity contribution in [3.8, 4) is 6.01 Å². The van der Waals surface area contributed by atoms with Crippen molar-refractivity contribution in [3.63, 3.8) is 0 Å². The molecule has 1 aromatic heterocycles. The van der Waals surface area contributed by atoms with Crippen LogP contribution < -0.4 is 9.64 Å². The van der Waals surface area contributed by atoms with Gasteiger partial charge < -0.3 is 9.64 Å². The van der Waals surface area contributed by atoms with Gasteiger partial charge in [0.1, 0.15) is 5.02 Å². The van der Waals surface area contributed by atoms with E-state index in [1.807, 2.05) is 0 Å². The standard InChI is InChI=1S/C12H17Cl2N3O/c1-18-12-15-8-10(14)11(16-12)17-6-4-2-3-5-9(17)7-13/h8-9H,2-7H2,1H3. The van der Waals surface area contributed by atoms with Gasteiger partial charge in [0.2, 0.25) is 0 Å². The van der Waals surface area contributed by atoms with E-state index in [9.17, 15) is 0 Å². The number of anilines is 1. The third kappa shape index (κ3) is 2.98. The van der Waals surface area contributed by atoms with Crippen molar-refractivity contribution < 1.29 is 4.74 Å². The molecule has 0 amide bonds. The van der Waals surface area contributed by atoms with E-state index >= 15 is 0 Å². The molecule has 1 fully saturated rings. The molecule has 0 aromatic carbocycles. The van der Waals surface area contributed by atoms with Crippen LogP contribution in [0.3, 0.4) is 0 Å². The number of nitrogens with zero attached hydrogens (tertiary/aromatic N) is 3. The molecule has 6 heteroatoms. The zero-order valence-electron chi connectivity index (χ0n) is 10.4. The molecule has 0 aliphatic carbocycles. The minimum absolute atomic E-state index is 0.284. The molecule has 1 aliphatic heterocycles. The fourth-order valence-corrected chi connectivity index (χ4v) is 2.78. The molecule has 100 valence electrons. The van der Waals surface area contributed by atoms with Gasteiger partial charge in [-0.1, -0.05) is 24.4 Å². The number of methoxy groups -OCH3 is 1. The highest BCUT2D eigenvalue weighted by atomic mass is 35.5. The average Bonchev–Trinajstić information content (AvgIpc) is 2.64. The summed E-state index contributed by atoms with van der Waals surface area (Å²) in [5.41, 5.74) is 0. The summed E-state index contributed by atoms with van der Waals surface area (Å²) in [4.78, 5) is 10.5. The number of hydrogen-bond acceptors (Lipinski definition) is 4. The van der Waals surface area contributed by atoms with E-state index in [0.29, 0.717) is 16.9 Å². The van der Waals surface area contributed by atoms with Gasteiger partial charge in [0, 0.05) is 18.5 Å². The number of alkyl halides is 1. The second-order valence-electron chi connectivity index (χ2n) is 4.38. The summed E-state index contributed by atoms with van der Waals surface area (Å²) < 4.78 is 5.06. The van der Waals surface area contributed by atoms with Crippen LogP contribution in [-0.4, -0.2) is 35.5 Å². The Morgan fingerprint density at radius 2 is 2.28 bits per heavy atom. The molecule has 0 radical (unpaired) electrons. The predicted molar refractivity (Wildman–Crippen MR) is 73.9 cm³/mol. The zero-order chi connectivity index (χ0) is 13.0. The van der Waals surface area contributed by atoms with Crippen molar-refractivity contribution >= 4 is 29.0 Å². The van der Waals surface area contributed by atoms with Crippen LogP contribution in [0.2, 0.25) is 5.02 Å². The summed E-state index contributed by atoms with van der Waals surface area (Å²) >= 11 is 12.3. The fraction of sp³-hybridized carbons (Fsp3) is 0.667. The quantitative estimate of drug-likeness (QED) is 0.802. The van der Waals surface area contributed by atoms with Gasteiger partial charge in [0.25, 0.3) is 0 Å². The van der Waals surface area contributed by atoms with Crippen molar-refractivity contribution in [2.75, 3.05) is 24.4 Å². The number of aromatic nitrogens is 2. The van der Waals surface area contributed by atoms with E-state index in [1.165, 1.54) is 12.8 Å². The Morgan fingerprint density at radius 3 is 3.00 bits per heavy atom. The molecule has 1 atom stereocenters. The van der Waals surface area contributed by atoms with E-state index in [4.69, 9.17) is 27.9 Å². The van der Waals surface area contributed by atoms with Crippen LogP contribution in [0.25, 0.3) is 0 Å². The maximum Gasteiger partial charge on any atom is 0.318 e. The molecule has 4 nitrogen and oxygen atoms in total. The fourth-order valence-electron chi connectivity index (χ4n) is 2.26. The maximum atomic E-state index is 6.20. The minimum Gasteiger partial charge on any atom is -0.467 e. The number of rotatable bonds is 3. The summed E-state index contributed by atoms with van der Waals surface area (Å²) in [5.74, 6) is 1.32. The van der Waals surface area contributed by atoms with Crippen LogP contribution in [0.15, 0.2) is 6.20 Å². The topological polar surface area (TPSA) is 38.2 Å². The van der Waals surface area contributed by atoms with E-state index < -0.39 is 0 Å². The molecular weight excluding hydrogens is 273 g/mol. The van der Waals surface area contributed by atoms with Gasteiger partial charge in [-0.05, 0) is 12.8 Å². The second-order valence-corrected chi connectivity index (χ2v) is 5.09. The molecular formula is C12H17Cl2N3O. The summed E-state index contributed by atoms with van der Waals surface area (Å²) in [6, 6.07) is 0.623. The van der Waals surface area contributed by atoms with Gasteiger partial charge >= 0.3 is 6.01 Å². The van der Waals surface area contributed by atoms with E-state index in [2.05, 4.69) is 14.9 Å². The molecule has 0 N–H and O–H groups in total. The van der Waals surface area contributed by atoms with Crippen LogP contribution in [0.1, 0.15) is 25.7 Å². The van der Waals surface area contributed by atoms with E-state index in [-0.39, 0.29) is 6.04 Å². The summed E-state index contributed by atoms with van der Waals surface area (Å²) in [6.45, 7) is 0.928. The lowest BCUT2D eigenvalue weighted by molar-refractivity contribution is 0.379. The van der Waals surface area contributed by atoms with Crippen LogP contribution in [-0.2, 0) is 0 Å². The van der Waals surface area contributed by atoms with Gasteiger partial charge in [-0.25, -0.2) is 4.98 Å². The van der Waals surface area contributed by atoms with E-state index in [1.54, 1.807) is 13.3 Å². The third-order valence-corrected chi connectivity index (χ3v) is 3.84. The van der Waals surface area contributed by atoms with Crippen molar-refractivity contribution in [1.29, 1.82) is 0 Å². The predicted octanol–water partition coefficient (Wildman–Crippen LogP) is 3.13. The molecule has 1 aliphatic rings. The molecule has 18 heavy (non-hydrogen) atoms. The highest BCUT2D eigenvalue weighted by Gasteiger charge is 2.24. The molecule has 2 heterocycles. The van der Waals surface area contributed by atoms with Crippen molar-refractivity contribution in [2.24, 2.45) is 0 Å². The summed E-state index contributed by atoms with van der Waals surface area (Å²) in [7, 11) is 1.55. The van der Waals surface area contributed by atoms with Crippen molar-refractivity contribution in [1.82, 2.24) is 9.97 Å². The number of halogens is 2. The highest BCUT2D eigenvalue weighted by Crippen LogP contribution is 2.30. The van der Waals surface area contributed by atoms with Gasteiger partial charge in [-0.2, -0.15) is 4.98 Å². The zero-order valence-corrected chi connectivity index (χ0v) is 11.9.